The van der Waals surface area contributed by atoms with Gasteiger partial charge < -0.3 is 5.32 Å². The Morgan fingerprint density at radius 1 is 1.46 bits per heavy atom. The van der Waals surface area contributed by atoms with E-state index in [0.717, 1.165) is 0 Å². The summed E-state index contributed by atoms with van der Waals surface area (Å²) in [5, 5.41) is 10.1. The Kier molecular flexibility index (Phi) is 2.79. The van der Waals surface area contributed by atoms with Crippen molar-refractivity contribution >= 4 is 11.6 Å². The Balaban J connectivity index is 2.70. The van der Waals surface area contributed by atoms with Gasteiger partial charge in [0, 0.05) is 5.70 Å². The number of aryl methyl sites for hydroxylation is 1. The second kappa shape index (κ2) is 3.84. The summed E-state index contributed by atoms with van der Waals surface area (Å²) in [7, 11) is 0. The van der Waals surface area contributed by atoms with Crippen molar-refractivity contribution in [2.75, 3.05) is 5.32 Å². The number of hydrogen-bond donors (Lipinski definition) is 1. The fourth-order valence-corrected chi connectivity index (χ4v) is 0.873. The molecule has 0 fully saturated rings. The Bertz CT molecular complexity index is 341. The summed E-state index contributed by atoms with van der Waals surface area (Å²) in [4.78, 5) is 10.7. The van der Waals surface area contributed by atoms with Crippen molar-refractivity contribution in [3.05, 3.63) is 17.5 Å². The minimum absolute atomic E-state index is 0.0147. The van der Waals surface area contributed by atoms with Crippen LogP contribution in [0.2, 0.25) is 0 Å². The molecule has 0 saturated carbocycles. The fraction of sp³-hybridized carbons (Fsp3) is 0.375. The molecule has 5 heteroatoms. The zero-order valence-corrected chi connectivity index (χ0v) is 7.79. The van der Waals surface area contributed by atoms with E-state index in [1.54, 1.807) is 13.8 Å². The van der Waals surface area contributed by atoms with E-state index in [9.17, 15) is 4.79 Å². The van der Waals surface area contributed by atoms with Gasteiger partial charge in [-0.25, -0.2) is 4.63 Å². The maximum Gasteiger partial charge on any atom is 0.197 e. The molecule has 1 aromatic heterocycles. The zero-order valence-electron chi connectivity index (χ0n) is 7.79. The molecular formula is C8H11N3O2. The number of rotatable bonds is 3. The van der Waals surface area contributed by atoms with Crippen LogP contribution in [0.1, 0.15) is 19.5 Å². The molecule has 0 aliphatic rings. The van der Waals surface area contributed by atoms with Crippen molar-refractivity contribution in [1.29, 1.82) is 0 Å². The summed E-state index contributed by atoms with van der Waals surface area (Å²) in [6.07, 6.45) is 1.48. The van der Waals surface area contributed by atoms with Gasteiger partial charge in [-0.3, -0.25) is 4.79 Å². The van der Waals surface area contributed by atoms with Crippen LogP contribution in [0.5, 0.6) is 0 Å². The van der Waals surface area contributed by atoms with Gasteiger partial charge in [0.1, 0.15) is 5.69 Å². The van der Waals surface area contributed by atoms with Gasteiger partial charge in [0.05, 0.1) is 0 Å². The van der Waals surface area contributed by atoms with E-state index in [2.05, 4.69) is 20.3 Å². The first-order valence-electron chi connectivity index (χ1n) is 3.84. The molecule has 0 saturated heterocycles. The van der Waals surface area contributed by atoms with Gasteiger partial charge in [0.2, 0.25) is 0 Å². The van der Waals surface area contributed by atoms with Crippen LogP contribution in [0.15, 0.2) is 16.4 Å². The number of aromatic nitrogens is 2. The number of carbonyl (C=O) groups is 1. The molecule has 1 N–H and O–H groups in total. The lowest BCUT2D eigenvalue weighted by molar-refractivity contribution is -0.112. The predicted molar refractivity (Wildman–Crippen MR) is 47.1 cm³/mol. The Hall–Kier alpha value is -1.65. The largest absolute Gasteiger partial charge is 0.340 e. The van der Waals surface area contributed by atoms with Crippen LogP contribution in [0, 0.1) is 6.92 Å². The van der Waals surface area contributed by atoms with Crippen molar-refractivity contribution in [1.82, 2.24) is 10.3 Å². The smallest absolute Gasteiger partial charge is 0.197 e. The predicted octanol–water partition coefficient (Wildman–Crippen LogP) is 1.28. The molecule has 5 nitrogen and oxygen atoms in total. The lowest BCUT2D eigenvalue weighted by Gasteiger charge is -2.00. The van der Waals surface area contributed by atoms with E-state index in [-0.39, 0.29) is 5.78 Å². The Morgan fingerprint density at radius 2 is 2.15 bits per heavy atom. The molecule has 1 heterocycles. The number of hydrogen-bond acceptors (Lipinski definition) is 5. The van der Waals surface area contributed by atoms with E-state index >= 15 is 0 Å². The SMILES string of the molecule is CC(=O)/C=C(/C)Nc1nonc1C. The normalized spacial score (nSPS) is 11.5. The van der Waals surface area contributed by atoms with Crippen molar-refractivity contribution in [2.45, 2.75) is 20.8 Å². The lowest BCUT2D eigenvalue weighted by atomic mass is 10.3. The first-order valence-corrected chi connectivity index (χ1v) is 3.84. The number of ketones is 1. The van der Waals surface area contributed by atoms with Crippen LogP contribution in [0.25, 0.3) is 0 Å². The van der Waals surface area contributed by atoms with Crippen LogP contribution in [-0.4, -0.2) is 16.1 Å². The summed E-state index contributed by atoms with van der Waals surface area (Å²) < 4.78 is 4.48. The maximum absolute atomic E-state index is 10.7. The van der Waals surface area contributed by atoms with Crippen molar-refractivity contribution < 1.29 is 9.42 Å². The standard InChI is InChI=1S/C8H11N3O2/c1-5(4-6(2)12)9-8-7(3)10-13-11-8/h4H,1-3H3,(H,9,11)/b5-4-. The average Bonchev–Trinajstić information content (AvgIpc) is 2.34. The Morgan fingerprint density at radius 3 is 2.62 bits per heavy atom. The second-order valence-corrected chi connectivity index (χ2v) is 2.76. The summed E-state index contributed by atoms with van der Waals surface area (Å²) in [6.45, 7) is 5.02. The first kappa shape index (κ1) is 9.44. The molecule has 0 spiro atoms. The van der Waals surface area contributed by atoms with Crippen LogP contribution < -0.4 is 5.32 Å². The van der Waals surface area contributed by atoms with E-state index in [0.29, 0.717) is 17.2 Å². The second-order valence-electron chi connectivity index (χ2n) is 2.76. The van der Waals surface area contributed by atoms with Gasteiger partial charge in [-0.05, 0) is 32.0 Å². The maximum atomic E-state index is 10.7. The zero-order chi connectivity index (χ0) is 9.84. The molecule has 0 unspecified atom stereocenters. The Labute approximate surface area is 75.8 Å². The van der Waals surface area contributed by atoms with Gasteiger partial charge in [0.25, 0.3) is 0 Å². The van der Waals surface area contributed by atoms with Crippen molar-refractivity contribution in [3.8, 4) is 0 Å². The van der Waals surface area contributed by atoms with Crippen molar-refractivity contribution in [3.63, 3.8) is 0 Å². The van der Waals surface area contributed by atoms with Gasteiger partial charge in [-0.2, -0.15) is 0 Å². The third kappa shape index (κ3) is 2.70. The first-order chi connectivity index (χ1) is 6.09. The highest BCUT2D eigenvalue weighted by Crippen LogP contribution is 2.09. The number of nitrogens with one attached hydrogen (secondary N) is 1. The van der Waals surface area contributed by atoms with Gasteiger partial charge in [-0.1, -0.05) is 5.16 Å². The third-order valence-corrected chi connectivity index (χ3v) is 1.39. The fourth-order valence-electron chi connectivity index (χ4n) is 0.873. The molecule has 0 bridgehead atoms. The summed E-state index contributed by atoms with van der Waals surface area (Å²) >= 11 is 0. The quantitative estimate of drug-likeness (QED) is 0.711. The van der Waals surface area contributed by atoms with Crippen LogP contribution in [-0.2, 0) is 4.79 Å². The molecule has 13 heavy (non-hydrogen) atoms. The minimum Gasteiger partial charge on any atom is -0.340 e. The molecule has 1 rings (SSSR count). The van der Waals surface area contributed by atoms with Crippen LogP contribution in [0.4, 0.5) is 5.82 Å². The minimum atomic E-state index is -0.0147. The molecule has 0 atom stereocenters. The molecule has 0 radical (unpaired) electrons. The van der Waals surface area contributed by atoms with Crippen LogP contribution in [0.3, 0.4) is 0 Å². The molecule has 0 amide bonds. The number of allylic oxidation sites excluding steroid dienone is 2. The summed E-state index contributed by atoms with van der Waals surface area (Å²) in [6, 6.07) is 0. The highest BCUT2D eigenvalue weighted by molar-refractivity contribution is 5.88. The molecule has 1 aromatic rings. The van der Waals surface area contributed by atoms with Crippen molar-refractivity contribution in [2.24, 2.45) is 0 Å². The summed E-state index contributed by atoms with van der Waals surface area (Å²) in [5.41, 5.74) is 1.38. The number of nitrogens with zero attached hydrogens (tertiary/aromatic N) is 2. The average molecular weight is 181 g/mol. The highest BCUT2D eigenvalue weighted by Gasteiger charge is 2.03. The van der Waals surface area contributed by atoms with Gasteiger partial charge in [-0.15, -0.1) is 0 Å². The van der Waals surface area contributed by atoms with E-state index in [4.69, 9.17) is 0 Å². The number of carbonyl (C=O) groups excluding carboxylic acids is 1. The molecule has 0 aromatic carbocycles. The highest BCUT2D eigenvalue weighted by atomic mass is 16.6. The molecular weight excluding hydrogens is 170 g/mol. The van der Waals surface area contributed by atoms with E-state index in [1.807, 2.05) is 0 Å². The molecule has 0 aliphatic heterocycles. The van der Waals surface area contributed by atoms with Crippen LogP contribution >= 0.6 is 0 Å². The van der Waals surface area contributed by atoms with Gasteiger partial charge in [0.15, 0.2) is 11.6 Å². The lowest BCUT2D eigenvalue weighted by Crippen LogP contribution is -1.99. The number of anilines is 1. The molecule has 0 aliphatic carbocycles. The van der Waals surface area contributed by atoms with Gasteiger partial charge >= 0.3 is 0 Å². The topological polar surface area (TPSA) is 68.0 Å². The van der Waals surface area contributed by atoms with E-state index < -0.39 is 0 Å². The third-order valence-electron chi connectivity index (χ3n) is 1.39. The summed E-state index contributed by atoms with van der Waals surface area (Å²) in [5.74, 6) is 0.522. The van der Waals surface area contributed by atoms with E-state index in [1.165, 1.54) is 13.0 Å². The molecule has 70 valence electrons. The monoisotopic (exact) mass is 181 g/mol.